The molecule has 1 aliphatic carbocycles. The van der Waals surface area contributed by atoms with Crippen molar-refractivity contribution in [1.29, 1.82) is 0 Å². The first-order valence-corrected chi connectivity index (χ1v) is 7.68. The third kappa shape index (κ3) is 3.14. The lowest BCUT2D eigenvalue weighted by Gasteiger charge is -2.15. The smallest absolute Gasteiger partial charge is 0.224 e. The molecular formula is C19H21NO2. The summed E-state index contributed by atoms with van der Waals surface area (Å²) in [6.07, 6.45) is 0.950. The Morgan fingerprint density at radius 3 is 2.45 bits per heavy atom. The highest BCUT2D eigenvalue weighted by Gasteiger charge is 2.44. The summed E-state index contributed by atoms with van der Waals surface area (Å²) in [6.45, 7) is 2.01. The van der Waals surface area contributed by atoms with Crippen molar-refractivity contribution in [2.24, 2.45) is 5.92 Å². The molecule has 114 valence electrons. The van der Waals surface area contributed by atoms with E-state index in [1.165, 1.54) is 5.56 Å². The van der Waals surface area contributed by atoms with Crippen LogP contribution >= 0.6 is 0 Å². The number of hydrogen-bond donors (Lipinski definition) is 1. The van der Waals surface area contributed by atoms with Crippen LogP contribution in [0.2, 0.25) is 0 Å². The molecule has 0 aliphatic heterocycles. The van der Waals surface area contributed by atoms with Gasteiger partial charge in [-0.3, -0.25) is 4.79 Å². The fourth-order valence-corrected chi connectivity index (χ4v) is 2.85. The zero-order valence-electron chi connectivity index (χ0n) is 13.0. The highest BCUT2D eigenvalue weighted by molar-refractivity contribution is 5.83. The third-order valence-electron chi connectivity index (χ3n) is 4.33. The number of ether oxygens (including phenoxy) is 1. The van der Waals surface area contributed by atoms with Crippen molar-refractivity contribution in [2.75, 3.05) is 7.11 Å². The van der Waals surface area contributed by atoms with E-state index in [9.17, 15) is 4.79 Å². The van der Waals surface area contributed by atoms with Crippen molar-refractivity contribution in [3.05, 3.63) is 65.7 Å². The molecule has 0 heterocycles. The fourth-order valence-electron chi connectivity index (χ4n) is 2.85. The van der Waals surface area contributed by atoms with Gasteiger partial charge in [-0.1, -0.05) is 42.5 Å². The van der Waals surface area contributed by atoms with E-state index in [0.29, 0.717) is 5.92 Å². The van der Waals surface area contributed by atoms with Crippen LogP contribution in [-0.4, -0.2) is 13.0 Å². The molecule has 1 aliphatic rings. The van der Waals surface area contributed by atoms with Gasteiger partial charge in [0, 0.05) is 5.92 Å². The van der Waals surface area contributed by atoms with E-state index in [4.69, 9.17) is 4.74 Å². The number of benzene rings is 2. The number of carbonyl (C=O) groups excluding carboxylic acids is 1. The number of methoxy groups -OCH3 is 1. The van der Waals surface area contributed by atoms with E-state index in [-0.39, 0.29) is 17.9 Å². The molecule has 2 aromatic rings. The lowest BCUT2D eigenvalue weighted by Crippen LogP contribution is -2.28. The summed E-state index contributed by atoms with van der Waals surface area (Å²) in [6, 6.07) is 18.1. The number of rotatable bonds is 5. The molecule has 0 spiro atoms. The molecule has 0 aromatic heterocycles. The Labute approximate surface area is 131 Å². The Balaban J connectivity index is 1.58. The standard InChI is InChI=1S/C19H21NO2/c1-13(14-8-10-16(22-2)11-9-14)20-19(21)18-12-17(18)15-6-4-3-5-7-15/h3-11,13,17-18H,12H2,1-2H3,(H,20,21)/t13-,17+,18-/m0/s1. The molecular weight excluding hydrogens is 274 g/mol. The van der Waals surface area contributed by atoms with E-state index >= 15 is 0 Å². The topological polar surface area (TPSA) is 38.3 Å². The van der Waals surface area contributed by atoms with Crippen molar-refractivity contribution >= 4 is 5.91 Å². The van der Waals surface area contributed by atoms with Gasteiger partial charge in [-0.25, -0.2) is 0 Å². The molecule has 0 saturated heterocycles. The Kier molecular flexibility index (Phi) is 4.14. The Hall–Kier alpha value is -2.29. The maximum Gasteiger partial charge on any atom is 0.224 e. The zero-order chi connectivity index (χ0) is 15.5. The van der Waals surface area contributed by atoms with Crippen LogP contribution in [0, 0.1) is 5.92 Å². The monoisotopic (exact) mass is 295 g/mol. The highest BCUT2D eigenvalue weighted by Crippen LogP contribution is 2.47. The maximum atomic E-state index is 12.4. The first-order valence-electron chi connectivity index (χ1n) is 7.68. The predicted molar refractivity (Wildman–Crippen MR) is 86.8 cm³/mol. The highest BCUT2D eigenvalue weighted by atomic mass is 16.5. The lowest BCUT2D eigenvalue weighted by molar-refractivity contribution is -0.123. The summed E-state index contributed by atoms with van der Waals surface area (Å²) in [5, 5.41) is 3.12. The predicted octanol–water partition coefficient (Wildman–Crippen LogP) is 3.68. The summed E-state index contributed by atoms with van der Waals surface area (Å²) in [7, 11) is 1.65. The molecule has 0 unspecified atom stereocenters. The number of amides is 1. The lowest BCUT2D eigenvalue weighted by atomic mass is 10.1. The minimum absolute atomic E-state index is 0.00966. The molecule has 0 radical (unpaired) electrons. The number of carbonyl (C=O) groups is 1. The van der Waals surface area contributed by atoms with Gasteiger partial charge >= 0.3 is 0 Å². The van der Waals surface area contributed by atoms with Crippen molar-refractivity contribution in [3.63, 3.8) is 0 Å². The van der Waals surface area contributed by atoms with Gasteiger partial charge in [0.15, 0.2) is 0 Å². The molecule has 0 bridgehead atoms. The summed E-state index contributed by atoms with van der Waals surface area (Å²) in [5.41, 5.74) is 2.35. The second-order valence-corrected chi connectivity index (χ2v) is 5.86. The quantitative estimate of drug-likeness (QED) is 0.914. The average Bonchev–Trinajstić information content (AvgIpc) is 3.36. The first kappa shape index (κ1) is 14.6. The minimum Gasteiger partial charge on any atom is -0.497 e. The van der Waals surface area contributed by atoms with E-state index in [0.717, 1.165) is 17.7 Å². The molecule has 1 saturated carbocycles. The second kappa shape index (κ2) is 6.22. The number of nitrogens with one attached hydrogen (secondary N) is 1. The van der Waals surface area contributed by atoms with Crippen LogP contribution in [0.4, 0.5) is 0 Å². The van der Waals surface area contributed by atoms with Crippen LogP contribution in [0.25, 0.3) is 0 Å². The van der Waals surface area contributed by atoms with Gasteiger partial charge < -0.3 is 10.1 Å². The molecule has 3 heteroatoms. The van der Waals surface area contributed by atoms with Crippen LogP contribution in [0.15, 0.2) is 54.6 Å². The fraction of sp³-hybridized carbons (Fsp3) is 0.316. The van der Waals surface area contributed by atoms with Gasteiger partial charge in [0.05, 0.1) is 13.2 Å². The number of hydrogen-bond acceptors (Lipinski definition) is 2. The zero-order valence-corrected chi connectivity index (χ0v) is 13.0. The van der Waals surface area contributed by atoms with Gasteiger partial charge in [0.2, 0.25) is 5.91 Å². The maximum absolute atomic E-state index is 12.4. The minimum atomic E-state index is 0.00966. The largest absolute Gasteiger partial charge is 0.497 e. The summed E-state index contributed by atoms with van der Waals surface area (Å²) in [5.74, 6) is 1.47. The molecule has 2 aromatic carbocycles. The van der Waals surface area contributed by atoms with Crippen LogP contribution in [-0.2, 0) is 4.79 Å². The van der Waals surface area contributed by atoms with Gasteiger partial charge in [-0.2, -0.15) is 0 Å². The third-order valence-corrected chi connectivity index (χ3v) is 4.33. The summed E-state index contributed by atoms with van der Waals surface area (Å²) < 4.78 is 5.15. The molecule has 1 fully saturated rings. The van der Waals surface area contributed by atoms with Crippen LogP contribution in [0.5, 0.6) is 5.75 Å². The van der Waals surface area contributed by atoms with Crippen molar-refractivity contribution in [3.8, 4) is 5.75 Å². The summed E-state index contributed by atoms with van der Waals surface area (Å²) >= 11 is 0. The van der Waals surface area contributed by atoms with Crippen LogP contribution in [0.1, 0.15) is 36.4 Å². The molecule has 3 nitrogen and oxygen atoms in total. The Morgan fingerprint density at radius 1 is 1.14 bits per heavy atom. The van der Waals surface area contributed by atoms with E-state index in [1.807, 2.05) is 49.4 Å². The second-order valence-electron chi connectivity index (χ2n) is 5.86. The molecule has 1 N–H and O–H groups in total. The average molecular weight is 295 g/mol. The normalized spacial score (nSPS) is 21.0. The van der Waals surface area contributed by atoms with Gasteiger partial charge in [-0.05, 0) is 42.5 Å². The molecule has 1 amide bonds. The van der Waals surface area contributed by atoms with Gasteiger partial charge in [0.25, 0.3) is 0 Å². The Morgan fingerprint density at radius 2 is 1.82 bits per heavy atom. The Bertz CT molecular complexity index is 636. The van der Waals surface area contributed by atoms with Crippen molar-refractivity contribution < 1.29 is 9.53 Å². The van der Waals surface area contributed by atoms with Crippen molar-refractivity contribution in [1.82, 2.24) is 5.32 Å². The van der Waals surface area contributed by atoms with Crippen LogP contribution in [0.3, 0.4) is 0 Å². The van der Waals surface area contributed by atoms with E-state index in [2.05, 4.69) is 17.4 Å². The van der Waals surface area contributed by atoms with E-state index in [1.54, 1.807) is 7.11 Å². The van der Waals surface area contributed by atoms with Gasteiger partial charge in [-0.15, -0.1) is 0 Å². The first-order chi connectivity index (χ1) is 10.7. The summed E-state index contributed by atoms with van der Waals surface area (Å²) in [4.78, 5) is 12.4. The molecule has 3 atom stereocenters. The molecule has 3 rings (SSSR count). The van der Waals surface area contributed by atoms with Crippen LogP contribution < -0.4 is 10.1 Å². The van der Waals surface area contributed by atoms with Crippen molar-refractivity contribution in [2.45, 2.75) is 25.3 Å². The SMILES string of the molecule is COc1ccc([C@H](C)NC(=O)[C@H]2C[C@@H]2c2ccccc2)cc1. The van der Waals surface area contributed by atoms with Gasteiger partial charge in [0.1, 0.15) is 5.75 Å². The van der Waals surface area contributed by atoms with E-state index < -0.39 is 0 Å². The molecule has 22 heavy (non-hydrogen) atoms.